The lowest BCUT2D eigenvalue weighted by molar-refractivity contribution is -0.124. The molecular weight excluding hydrogens is 401 g/mol. The van der Waals surface area contributed by atoms with Crippen LogP contribution in [0.4, 0.5) is 5.69 Å². The average Bonchev–Trinajstić information content (AvgIpc) is 2.56. The summed E-state index contributed by atoms with van der Waals surface area (Å²) >= 11 is 2.27. The molecule has 0 aromatic heterocycles. The Morgan fingerprint density at radius 2 is 2.04 bits per heavy atom. The Kier molecular flexibility index (Phi) is 4.90. The summed E-state index contributed by atoms with van der Waals surface area (Å²) in [5, 5.41) is 0. The van der Waals surface area contributed by atoms with Gasteiger partial charge in [0.1, 0.15) is 5.75 Å². The van der Waals surface area contributed by atoms with Gasteiger partial charge in [-0.1, -0.05) is 18.2 Å². The quantitative estimate of drug-likeness (QED) is 0.690. The summed E-state index contributed by atoms with van der Waals surface area (Å²) in [7, 11) is 0. The van der Waals surface area contributed by atoms with Crippen LogP contribution in [0.3, 0.4) is 0 Å². The Labute approximate surface area is 150 Å². The van der Waals surface area contributed by atoms with Gasteiger partial charge in [-0.15, -0.1) is 0 Å². The molecular formula is C19H20INO2. The molecule has 1 aliphatic heterocycles. The highest BCUT2D eigenvalue weighted by Crippen LogP contribution is 2.28. The highest BCUT2D eigenvalue weighted by atomic mass is 127. The van der Waals surface area contributed by atoms with Crippen molar-refractivity contribution in [2.45, 2.75) is 32.8 Å². The van der Waals surface area contributed by atoms with Crippen LogP contribution < -0.4 is 9.64 Å². The zero-order valence-corrected chi connectivity index (χ0v) is 15.5. The SMILES string of the molecule is Cc1cc(I)ccc1OC(C)C(=O)N1CCCc2ccccc21. The largest absolute Gasteiger partial charge is 0.481 e. The van der Waals surface area contributed by atoms with Gasteiger partial charge in [0.15, 0.2) is 6.10 Å². The van der Waals surface area contributed by atoms with Crippen LogP contribution in [0.25, 0.3) is 0 Å². The van der Waals surface area contributed by atoms with Crippen LogP contribution >= 0.6 is 22.6 Å². The number of hydrogen-bond donors (Lipinski definition) is 0. The maximum Gasteiger partial charge on any atom is 0.267 e. The van der Waals surface area contributed by atoms with Crippen molar-refractivity contribution in [2.75, 3.05) is 11.4 Å². The highest BCUT2D eigenvalue weighted by molar-refractivity contribution is 14.1. The molecule has 0 aliphatic carbocycles. The van der Waals surface area contributed by atoms with Crippen molar-refractivity contribution in [3.8, 4) is 5.75 Å². The number of nitrogens with zero attached hydrogens (tertiary/aromatic N) is 1. The van der Waals surface area contributed by atoms with Crippen molar-refractivity contribution in [2.24, 2.45) is 0 Å². The van der Waals surface area contributed by atoms with E-state index in [1.807, 2.05) is 49.1 Å². The number of fused-ring (bicyclic) bond motifs is 1. The second-order valence-electron chi connectivity index (χ2n) is 5.89. The molecule has 0 radical (unpaired) electrons. The summed E-state index contributed by atoms with van der Waals surface area (Å²) in [5.74, 6) is 0.798. The van der Waals surface area contributed by atoms with Crippen LogP contribution in [0.1, 0.15) is 24.5 Å². The van der Waals surface area contributed by atoms with Crippen LogP contribution in [-0.2, 0) is 11.2 Å². The van der Waals surface area contributed by atoms with Crippen molar-refractivity contribution in [1.82, 2.24) is 0 Å². The van der Waals surface area contributed by atoms with Crippen LogP contribution in [0, 0.1) is 10.5 Å². The smallest absolute Gasteiger partial charge is 0.267 e. The van der Waals surface area contributed by atoms with Gasteiger partial charge in [0.2, 0.25) is 0 Å². The van der Waals surface area contributed by atoms with Crippen molar-refractivity contribution in [3.63, 3.8) is 0 Å². The first-order valence-corrected chi connectivity index (χ1v) is 8.96. The van der Waals surface area contributed by atoms with E-state index < -0.39 is 6.10 Å². The average molecular weight is 421 g/mol. The van der Waals surface area contributed by atoms with Crippen molar-refractivity contribution >= 4 is 34.2 Å². The molecule has 0 spiro atoms. The lowest BCUT2D eigenvalue weighted by atomic mass is 10.0. The zero-order chi connectivity index (χ0) is 16.4. The second-order valence-corrected chi connectivity index (χ2v) is 7.14. The van der Waals surface area contributed by atoms with Crippen LogP contribution in [0.15, 0.2) is 42.5 Å². The summed E-state index contributed by atoms with van der Waals surface area (Å²) in [6.07, 6.45) is 1.53. The van der Waals surface area contributed by atoms with E-state index in [1.54, 1.807) is 0 Å². The molecule has 0 saturated heterocycles. The molecule has 1 unspecified atom stereocenters. The van der Waals surface area contributed by atoms with Crippen LogP contribution in [-0.4, -0.2) is 18.6 Å². The monoisotopic (exact) mass is 421 g/mol. The molecule has 1 aliphatic rings. The lowest BCUT2D eigenvalue weighted by Crippen LogP contribution is -2.43. The molecule has 23 heavy (non-hydrogen) atoms. The first kappa shape index (κ1) is 16.3. The fraction of sp³-hybridized carbons (Fsp3) is 0.316. The fourth-order valence-corrected chi connectivity index (χ4v) is 3.61. The number of carbonyl (C=O) groups is 1. The van der Waals surface area contributed by atoms with E-state index in [9.17, 15) is 4.79 Å². The van der Waals surface area contributed by atoms with E-state index in [2.05, 4.69) is 34.7 Å². The van der Waals surface area contributed by atoms with Crippen molar-refractivity contribution < 1.29 is 9.53 Å². The normalized spacial score (nSPS) is 15.0. The van der Waals surface area contributed by atoms with Gasteiger partial charge in [0.25, 0.3) is 5.91 Å². The fourth-order valence-electron chi connectivity index (χ4n) is 2.97. The third-order valence-corrected chi connectivity index (χ3v) is 4.84. The maximum atomic E-state index is 12.8. The summed E-state index contributed by atoms with van der Waals surface area (Å²) in [4.78, 5) is 14.7. The van der Waals surface area contributed by atoms with Crippen LogP contribution in [0.5, 0.6) is 5.75 Å². The van der Waals surface area contributed by atoms with E-state index in [1.165, 1.54) is 5.56 Å². The number of carbonyl (C=O) groups excluding carboxylic acids is 1. The Hall–Kier alpha value is -1.56. The number of ether oxygens (including phenoxy) is 1. The molecule has 2 aromatic rings. The topological polar surface area (TPSA) is 29.5 Å². The number of amides is 1. The number of aryl methyl sites for hydroxylation is 2. The Bertz CT molecular complexity index is 729. The number of anilines is 1. The van der Waals surface area contributed by atoms with Crippen LogP contribution in [0.2, 0.25) is 0 Å². The van der Waals surface area contributed by atoms with Crippen molar-refractivity contribution in [3.05, 3.63) is 57.2 Å². The molecule has 1 atom stereocenters. The molecule has 0 N–H and O–H groups in total. The summed E-state index contributed by atoms with van der Waals surface area (Å²) in [5.41, 5.74) is 3.32. The summed E-state index contributed by atoms with van der Waals surface area (Å²) in [6, 6.07) is 14.1. The molecule has 0 bridgehead atoms. The number of halogens is 1. The molecule has 4 heteroatoms. The molecule has 0 fully saturated rings. The Morgan fingerprint density at radius 1 is 1.26 bits per heavy atom. The maximum absolute atomic E-state index is 12.8. The van der Waals surface area contributed by atoms with Gasteiger partial charge in [-0.25, -0.2) is 0 Å². The van der Waals surface area contributed by atoms with Gasteiger partial charge in [-0.3, -0.25) is 4.79 Å². The van der Waals surface area contributed by atoms with E-state index in [0.29, 0.717) is 0 Å². The number of benzene rings is 2. The van der Waals surface area contributed by atoms with E-state index in [0.717, 1.165) is 40.0 Å². The second kappa shape index (κ2) is 6.91. The predicted molar refractivity (Wildman–Crippen MR) is 101 cm³/mol. The van der Waals surface area contributed by atoms with Gasteiger partial charge >= 0.3 is 0 Å². The van der Waals surface area contributed by atoms with Gasteiger partial charge in [0, 0.05) is 15.8 Å². The van der Waals surface area contributed by atoms with Crippen molar-refractivity contribution in [1.29, 1.82) is 0 Å². The Morgan fingerprint density at radius 3 is 2.83 bits per heavy atom. The lowest BCUT2D eigenvalue weighted by Gasteiger charge is -2.31. The standard InChI is InChI=1S/C19H20INO2/c1-13-12-16(20)9-10-18(13)23-14(2)19(22)21-11-5-7-15-6-3-4-8-17(15)21/h3-4,6,8-10,12,14H,5,7,11H2,1-2H3. The minimum absolute atomic E-state index is 0.0232. The zero-order valence-electron chi connectivity index (χ0n) is 13.4. The minimum Gasteiger partial charge on any atom is -0.481 e. The number of hydrogen-bond acceptors (Lipinski definition) is 2. The highest BCUT2D eigenvalue weighted by Gasteiger charge is 2.27. The summed E-state index contributed by atoms with van der Waals surface area (Å²) < 4.78 is 7.10. The molecule has 1 heterocycles. The Balaban J connectivity index is 1.78. The van der Waals surface area contributed by atoms with Gasteiger partial charge in [-0.2, -0.15) is 0 Å². The summed E-state index contributed by atoms with van der Waals surface area (Å²) in [6.45, 7) is 4.59. The number of para-hydroxylation sites is 1. The van der Waals surface area contributed by atoms with E-state index >= 15 is 0 Å². The number of rotatable bonds is 3. The third-order valence-electron chi connectivity index (χ3n) is 4.16. The molecule has 120 valence electrons. The minimum atomic E-state index is -0.500. The van der Waals surface area contributed by atoms with Gasteiger partial charge < -0.3 is 9.64 Å². The van der Waals surface area contributed by atoms with E-state index in [-0.39, 0.29) is 5.91 Å². The predicted octanol–water partition coefficient (Wildman–Crippen LogP) is 4.35. The first-order valence-electron chi connectivity index (χ1n) is 7.88. The van der Waals surface area contributed by atoms with E-state index in [4.69, 9.17) is 4.74 Å². The van der Waals surface area contributed by atoms with Gasteiger partial charge in [0.05, 0.1) is 0 Å². The first-order chi connectivity index (χ1) is 11.1. The molecule has 0 saturated carbocycles. The van der Waals surface area contributed by atoms with Gasteiger partial charge in [-0.05, 0) is 84.7 Å². The molecule has 3 rings (SSSR count). The third kappa shape index (κ3) is 3.52. The molecule has 3 nitrogen and oxygen atoms in total. The molecule has 2 aromatic carbocycles. The molecule has 1 amide bonds.